The summed E-state index contributed by atoms with van der Waals surface area (Å²) in [7, 11) is 0. The van der Waals surface area contributed by atoms with Crippen molar-refractivity contribution in [3.05, 3.63) is 0 Å². The minimum absolute atomic E-state index is 0.124. The fraction of sp³-hybridized carbons (Fsp3) is 0.818. The fourth-order valence-electron chi connectivity index (χ4n) is 2.14. The number of carboxylic acid groups (broad SMARTS) is 1. The Morgan fingerprint density at radius 3 is 2.75 bits per heavy atom. The first-order valence-corrected chi connectivity index (χ1v) is 5.96. The van der Waals surface area contributed by atoms with Crippen molar-refractivity contribution in [2.75, 3.05) is 13.1 Å². The quantitative estimate of drug-likeness (QED) is 0.755. The van der Waals surface area contributed by atoms with Crippen molar-refractivity contribution in [1.82, 2.24) is 10.2 Å². The summed E-state index contributed by atoms with van der Waals surface area (Å²) in [6, 6.07) is -0.472. The van der Waals surface area contributed by atoms with E-state index in [4.69, 9.17) is 5.11 Å². The van der Waals surface area contributed by atoms with Crippen molar-refractivity contribution in [2.24, 2.45) is 5.92 Å². The molecule has 1 saturated carbocycles. The van der Waals surface area contributed by atoms with Crippen molar-refractivity contribution in [3.8, 4) is 0 Å². The summed E-state index contributed by atoms with van der Waals surface area (Å²) in [6.45, 7) is 1.19. The Morgan fingerprint density at radius 2 is 2.12 bits per heavy atom. The smallest absolute Gasteiger partial charge is 0.407 e. The SMILES string of the molecule is O=C1NCCCCC1N(CC1CC1)C(=O)O. The number of hydrogen-bond donors (Lipinski definition) is 2. The summed E-state index contributed by atoms with van der Waals surface area (Å²) in [5.74, 6) is 0.354. The molecule has 1 atom stereocenters. The van der Waals surface area contributed by atoms with Crippen LogP contribution in [0.3, 0.4) is 0 Å². The van der Waals surface area contributed by atoms with E-state index in [9.17, 15) is 9.59 Å². The molecule has 2 N–H and O–H groups in total. The first-order valence-electron chi connectivity index (χ1n) is 5.96. The van der Waals surface area contributed by atoms with Crippen molar-refractivity contribution < 1.29 is 14.7 Å². The van der Waals surface area contributed by atoms with Crippen LogP contribution < -0.4 is 5.32 Å². The highest BCUT2D eigenvalue weighted by Gasteiger charge is 2.34. The van der Waals surface area contributed by atoms with Crippen LogP contribution in [0.5, 0.6) is 0 Å². The zero-order valence-corrected chi connectivity index (χ0v) is 9.32. The summed E-state index contributed by atoms with van der Waals surface area (Å²) in [5.41, 5.74) is 0. The van der Waals surface area contributed by atoms with Crippen LogP contribution in [-0.4, -0.2) is 41.1 Å². The summed E-state index contributed by atoms with van der Waals surface area (Å²) >= 11 is 0. The number of nitrogens with zero attached hydrogens (tertiary/aromatic N) is 1. The highest BCUT2D eigenvalue weighted by Crippen LogP contribution is 2.31. The lowest BCUT2D eigenvalue weighted by Gasteiger charge is -2.27. The van der Waals surface area contributed by atoms with Gasteiger partial charge in [-0.2, -0.15) is 0 Å². The minimum Gasteiger partial charge on any atom is -0.465 e. The lowest BCUT2D eigenvalue weighted by molar-refractivity contribution is -0.125. The molecule has 1 heterocycles. The fourth-order valence-corrected chi connectivity index (χ4v) is 2.14. The molecule has 5 nitrogen and oxygen atoms in total. The molecule has 1 unspecified atom stereocenters. The Morgan fingerprint density at radius 1 is 1.38 bits per heavy atom. The molecule has 1 aliphatic carbocycles. The predicted molar refractivity (Wildman–Crippen MR) is 58.1 cm³/mol. The van der Waals surface area contributed by atoms with Crippen molar-refractivity contribution in [2.45, 2.75) is 38.1 Å². The average molecular weight is 226 g/mol. The lowest BCUT2D eigenvalue weighted by Crippen LogP contribution is -2.49. The lowest BCUT2D eigenvalue weighted by atomic mass is 10.1. The van der Waals surface area contributed by atoms with Gasteiger partial charge in [0.05, 0.1) is 0 Å². The molecule has 2 fully saturated rings. The topological polar surface area (TPSA) is 69.6 Å². The summed E-state index contributed by atoms with van der Waals surface area (Å²) in [6.07, 6.45) is 3.74. The van der Waals surface area contributed by atoms with Gasteiger partial charge in [0.2, 0.25) is 5.91 Å². The standard InChI is InChI=1S/C11H18N2O3/c14-10-9(3-1-2-6-12-10)13(11(15)16)7-8-4-5-8/h8-9H,1-7H2,(H,12,14)(H,15,16). The van der Waals surface area contributed by atoms with E-state index < -0.39 is 12.1 Å². The molecule has 2 aliphatic rings. The maximum absolute atomic E-state index is 11.7. The Labute approximate surface area is 94.8 Å². The van der Waals surface area contributed by atoms with Crippen LogP contribution in [0.1, 0.15) is 32.1 Å². The summed E-state index contributed by atoms with van der Waals surface area (Å²) in [5, 5.41) is 11.9. The predicted octanol–water partition coefficient (Wildman–Crippen LogP) is 1.05. The van der Waals surface area contributed by atoms with E-state index in [-0.39, 0.29) is 5.91 Å². The van der Waals surface area contributed by atoms with Crippen LogP contribution in [0.25, 0.3) is 0 Å². The molecule has 2 amide bonds. The monoisotopic (exact) mass is 226 g/mol. The van der Waals surface area contributed by atoms with Gasteiger partial charge in [-0.15, -0.1) is 0 Å². The van der Waals surface area contributed by atoms with E-state index in [0.29, 0.717) is 25.4 Å². The molecule has 0 aromatic heterocycles. The van der Waals surface area contributed by atoms with Crippen LogP contribution >= 0.6 is 0 Å². The maximum Gasteiger partial charge on any atom is 0.407 e. The van der Waals surface area contributed by atoms with E-state index >= 15 is 0 Å². The Hall–Kier alpha value is -1.26. The van der Waals surface area contributed by atoms with Gasteiger partial charge in [-0.3, -0.25) is 9.69 Å². The minimum atomic E-state index is -0.964. The number of carbonyl (C=O) groups excluding carboxylic acids is 1. The zero-order valence-electron chi connectivity index (χ0n) is 9.32. The summed E-state index contributed by atoms with van der Waals surface area (Å²) < 4.78 is 0. The van der Waals surface area contributed by atoms with Crippen LogP contribution in [0.15, 0.2) is 0 Å². The average Bonchev–Trinajstić information content (AvgIpc) is 3.03. The van der Waals surface area contributed by atoms with Gasteiger partial charge in [-0.05, 0) is 38.0 Å². The van der Waals surface area contributed by atoms with Gasteiger partial charge in [-0.25, -0.2) is 4.79 Å². The third kappa shape index (κ3) is 2.65. The third-order valence-corrected chi connectivity index (χ3v) is 3.28. The first-order chi connectivity index (χ1) is 7.68. The zero-order chi connectivity index (χ0) is 11.5. The van der Waals surface area contributed by atoms with Gasteiger partial charge >= 0.3 is 6.09 Å². The highest BCUT2D eigenvalue weighted by molar-refractivity contribution is 5.85. The van der Waals surface area contributed by atoms with Gasteiger partial charge in [0.15, 0.2) is 0 Å². The normalized spacial score (nSPS) is 25.8. The van der Waals surface area contributed by atoms with E-state index in [1.807, 2.05) is 0 Å². The second kappa shape index (κ2) is 4.72. The van der Waals surface area contributed by atoms with Crippen LogP contribution in [0.2, 0.25) is 0 Å². The highest BCUT2D eigenvalue weighted by atomic mass is 16.4. The van der Waals surface area contributed by atoms with Crippen LogP contribution in [0, 0.1) is 5.92 Å². The largest absolute Gasteiger partial charge is 0.465 e. The second-order valence-electron chi connectivity index (χ2n) is 4.68. The Bertz CT molecular complexity index is 289. The van der Waals surface area contributed by atoms with Gasteiger partial charge in [-0.1, -0.05) is 0 Å². The van der Waals surface area contributed by atoms with Gasteiger partial charge in [0.1, 0.15) is 6.04 Å². The number of carbonyl (C=O) groups is 2. The number of amides is 2. The summed E-state index contributed by atoms with van der Waals surface area (Å²) in [4.78, 5) is 24.2. The van der Waals surface area contributed by atoms with Crippen molar-refractivity contribution in [1.29, 1.82) is 0 Å². The molecule has 1 saturated heterocycles. The third-order valence-electron chi connectivity index (χ3n) is 3.28. The molecule has 5 heteroatoms. The molecule has 16 heavy (non-hydrogen) atoms. The molecular weight excluding hydrogens is 208 g/mol. The molecule has 2 rings (SSSR count). The number of hydrogen-bond acceptors (Lipinski definition) is 2. The Balaban J connectivity index is 2.03. The maximum atomic E-state index is 11.7. The van der Waals surface area contributed by atoms with E-state index in [2.05, 4.69) is 5.32 Å². The number of rotatable bonds is 3. The molecule has 0 aromatic rings. The van der Waals surface area contributed by atoms with Crippen LogP contribution in [-0.2, 0) is 4.79 Å². The number of nitrogens with one attached hydrogen (secondary N) is 1. The Kier molecular flexibility index (Phi) is 3.31. The molecule has 0 aromatic carbocycles. The molecular formula is C11H18N2O3. The molecule has 0 radical (unpaired) electrons. The second-order valence-corrected chi connectivity index (χ2v) is 4.68. The molecule has 1 aliphatic heterocycles. The van der Waals surface area contributed by atoms with Gasteiger partial charge in [0, 0.05) is 13.1 Å². The molecule has 90 valence electrons. The molecule has 0 bridgehead atoms. The van der Waals surface area contributed by atoms with E-state index in [0.717, 1.165) is 25.7 Å². The molecule has 0 spiro atoms. The van der Waals surface area contributed by atoms with Crippen LogP contribution in [0.4, 0.5) is 4.79 Å². The van der Waals surface area contributed by atoms with E-state index in [1.54, 1.807) is 0 Å². The first kappa shape index (κ1) is 11.2. The van der Waals surface area contributed by atoms with Crippen molar-refractivity contribution >= 4 is 12.0 Å². The van der Waals surface area contributed by atoms with E-state index in [1.165, 1.54) is 4.90 Å². The van der Waals surface area contributed by atoms with Gasteiger partial charge in [0.25, 0.3) is 0 Å². The van der Waals surface area contributed by atoms with Crippen molar-refractivity contribution in [3.63, 3.8) is 0 Å². The van der Waals surface area contributed by atoms with Gasteiger partial charge < -0.3 is 10.4 Å².